The van der Waals surface area contributed by atoms with Crippen LogP contribution in [0.15, 0.2) is 48.5 Å². The van der Waals surface area contributed by atoms with Crippen molar-refractivity contribution in [2.75, 3.05) is 32.7 Å². The first-order valence-electron chi connectivity index (χ1n) is 8.99. The number of benzene rings is 2. The molecule has 0 aliphatic carbocycles. The van der Waals surface area contributed by atoms with E-state index in [0.717, 1.165) is 0 Å². The zero-order chi connectivity index (χ0) is 20.1. The molecule has 0 saturated carbocycles. The van der Waals surface area contributed by atoms with E-state index in [9.17, 15) is 24.1 Å². The van der Waals surface area contributed by atoms with Gasteiger partial charge in [0.15, 0.2) is 5.78 Å². The minimum Gasteiger partial charge on any atom is -0.336 e. The second-order valence-electron chi connectivity index (χ2n) is 6.59. The number of ketones is 1. The van der Waals surface area contributed by atoms with Gasteiger partial charge in [-0.05, 0) is 24.3 Å². The smallest absolute Gasteiger partial charge is 0.269 e. The minimum atomic E-state index is -0.524. The Morgan fingerprint density at radius 1 is 0.967 bits per heavy atom. The molecule has 0 N–H and O–H groups in total. The fraction of sp³-hybridized carbons (Fsp3) is 0.300. The quantitative estimate of drug-likeness (QED) is 0.375. The summed E-state index contributed by atoms with van der Waals surface area (Å²) in [6.07, 6.45) is 0.291. The molecular weight excluding hydrogens is 436 g/mol. The van der Waals surface area contributed by atoms with Crippen LogP contribution in [0, 0.1) is 15.9 Å². The number of nitro benzene ring substituents is 1. The molecule has 0 bridgehead atoms. The Morgan fingerprint density at radius 3 is 2.13 bits per heavy atom. The number of nitro groups is 1. The molecule has 1 fully saturated rings. The summed E-state index contributed by atoms with van der Waals surface area (Å²) in [4.78, 5) is 38.5. The van der Waals surface area contributed by atoms with Crippen molar-refractivity contribution >= 4 is 42.2 Å². The minimum absolute atomic E-state index is 0. The van der Waals surface area contributed by atoms with E-state index in [-0.39, 0.29) is 47.8 Å². The van der Waals surface area contributed by atoms with Gasteiger partial charge in [-0.25, -0.2) is 4.39 Å². The Bertz CT molecular complexity index is 888. The Hall–Kier alpha value is -2.55. The van der Waals surface area contributed by atoms with E-state index >= 15 is 0 Å². The molecule has 0 atom stereocenters. The van der Waals surface area contributed by atoms with E-state index in [0.29, 0.717) is 44.7 Å². The van der Waals surface area contributed by atoms with E-state index in [1.807, 2.05) is 0 Å². The number of hydrogen-bond donors (Lipinski definition) is 0. The maximum absolute atomic E-state index is 13.8. The third-order valence-electron chi connectivity index (χ3n) is 4.82. The molecule has 1 saturated heterocycles. The van der Waals surface area contributed by atoms with Crippen LogP contribution in [0.4, 0.5) is 10.1 Å². The van der Waals surface area contributed by atoms with Gasteiger partial charge in [-0.3, -0.25) is 24.6 Å². The second-order valence-corrected chi connectivity index (χ2v) is 6.59. The van der Waals surface area contributed by atoms with Gasteiger partial charge in [0.25, 0.3) is 11.6 Å². The molecule has 0 aromatic heterocycles. The zero-order valence-electron chi connectivity index (χ0n) is 16.0. The van der Waals surface area contributed by atoms with E-state index in [4.69, 9.17) is 0 Å². The van der Waals surface area contributed by atoms with Crippen molar-refractivity contribution in [3.63, 3.8) is 0 Å². The van der Waals surface area contributed by atoms with Gasteiger partial charge in [0.2, 0.25) is 0 Å². The van der Waals surface area contributed by atoms with Crippen LogP contribution in [0.3, 0.4) is 0 Å². The largest absolute Gasteiger partial charge is 0.336 e. The van der Waals surface area contributed by atoms with Crippen LogP contribution in [-0.4, -0.2) is 59.1 Å². The fourth-order valence-corrected chi connectivity index (χ4v) is 3.15. The molecule has 2 aromatic rings. The second kappa shape index (κ2) is 11.6. The molecule has 0 spiro atoms. The van der Waals surface area contributed by atoms with Crippen LogP contribution < -0.4 is 0 Å². The third kappa shape index (κ3) is 6.22. The molecule has 1 aliphatic heterocycles. The Kier molecular flexibility index (Phi) is 9.84. The van der Waals surface area contributed by atoms with E-state index in [1.54, 1.807) is 17.0 Å². The first-order valence-corrected chi connectivity index (χ1v) is 8.99. The highest BCUT2D eigenvalue weighted by molar-refractivity contribution is 5.96. The number of halogens is 3. The van der Waals surface area contributed by atoms with Crippen molar-refractivity contribution in [1.82, 2.24) is 9.80 Å². The third-order valence-corrected chi connectivity index (χ3v) is 4.82. The van der Waals surface area contributed by atoms with Gasteiger partial charge in [0, 0.05) is 56.8 Å². The van der Waals surface area contributed by atoms with Crippen molar-refractivity contribution in [3.05, 3.63) is 75.6 Å². The van der Waals surface area contributed by atoms with Crippen LogP contribution in [0.25, 0.3) is 0 Å². The molecule has 30 heavy (non-hydrogen) atoms. The molecule has 1 aliphatic rings. The summed E-state index contributed by atoms with van der Waals surface area (Å²) >= 11 is 0. The summed E-state index contributed by atoms with van der Waals surface area (Å²) in [5.74, 6) is -0.928. The number of non-ortho nitro benzene ring substituents is 1. The lowest BCUT2D eigenvalue weighted by molar-refractivity contribution is -0.384. The number of hydrogen-bond acceptors (Lipinski definition) is 5. The van der Waals surface area contributed by atoms with Crippen molar-refractivity contribution in [1.29, 1.82) is 0 Å². The summed E-state index contributed by atoms with van der Waals surface area (Å²) in [7, 11) is 0. The Balaban J connectivity index is 0.00000225. The predicted molar refractivity (Wildman–Crippen MR) is 115 cm³/mol. The van der Waals surface area contributed by atoms with Gasteiger partial charge in [-0.2, -0.15) is 0 Å². The Labute approximate surface area is 185 Å². The van der Waals surface area contributed by atoms with Gasteiger partial charge >= 0.3 is 0 Å². The van der Waals surface area contributed by atoms with E-state index < -0.39 is 10.7 Å². The molecular formula is C20H22Cl2FN3O4. The monoisotopic (exact) mass is 457 g/mol. The first kappa shape index (κ1) is 25.5. The predicted octanol–water partition coefficient (Wildman–Crippen LogP) is 3.61. The van der Waals surface area contributed by atoms with Crippen molar-refractivity contribution in [2.24, 2.45) is 0 Å². The summed E-state index contributed by atoms with van der Waals surface area (Å²) in [6.45, 7) is 2.69. The zero-order valence-corrected chi connectivity index (χ0v) is 17.7. The molecule has 0 unspecified atom stereocenters. The van der Waals surface area contributed by atoms with Crippen LogP contribution in [0.2, 0.25) is 0 Å². The van der Waals surface area contributed by atoms with E-state index in [1.165, 1.54) is 36.4 Å². The van der Waals surface area contributed by atoms with Gasteiger partial charge in [-0.1, -0.05) is 12.1 Å². The number of piperazine rings is 1. The van der Waals surface area contributed by atoms with Crippen LogP contribution in [0.5, 0.6) is 0 Å². The molecule has 1 amide bonds. The topological polar surface area (TPSA) is 83.8 Å². The summed E-state index contributed by atoms with van der Waals surface area (Å²) in [6, 6.07) is 11.5. The summed E-state index contributed by atoms with van der Waals surface area (Å²) < 4.78 is 13.8. The summed E-state index contributed by atoms with van der Waals surface area (Å²) in [5, 5.41) is 10.7. The standard InChI is InChI=1S/C20H20FN3O4.2ClH/c21-18-4-2-1-3-17(18)20(26)23-13-11-22(12-14-23)10-9-19(25)15-5-7-16(8-6-15)24(27)28;;/h1-8H,9-14H2;2*1H. The molecule has 1 heterocycles. The number of Topliss-reactive ketones (excluding diaryl/α,β-unsaturated/α-hetero) is 1. The number of rotatable bonds is 6. The number of carbonyl (C=O) groups is 2. The van der Waals surface area contributed by atoms with Crippen LogP contribution in [-0.2, 0) is 0 Å². The molecule has 3 rings (SSSR count). The summed E-state index contributed by atoms with van der Waals surface area (Å²) in [5.41, 5.74) is 0.468. The van der Waals surface area contributed by atoms with Crippen LogP contribution >= 0.6 is 24.8 Å². The highest BCUT2D eigenvalue weighted by atomic mass is 35.5. The number of nitrogens with zero attached hydrogens (tertiary/aromatic N) is 3. The SMILES string of the molecule is Cl.Cl.O=C(CCN1CCN(C(=O)c2ccccc2F)CC1)c1ccc([N+](=O)[O-])cc1. The van der Waals surface area contributed by atoms with Crippen LogP contribution in [0.1, 0.15) is 27.1 Å². The average molecular weight is 458 g/mol. The normalized spacial score (nSPS) is 13.7. The number of carbonyl (C=O) groups excluding carboxylic acids is 2. The van der Waals surface area contributed by atoms with Gasteiger partial charge in [0.1, 0.15) is 5.82 Å². The molecule has 2 aromatic carbocycles. The molecule has 0 radical (unpaired) electrons. The molecule has 7 nitrogen and oxygen atoms in total. The lowest BCUT2D eigenvalue weighted by atomic mass is 10.1. The molecule has 162 valence electrons. The van der Waals surface area contributed by atoms with E-state index in [2.05, 4.69) is 4.90 Å². The lowest BCUT2D eigenvalue weighted by Crippen LogP contribution is -2.49. The highest BCUT2D eigenvalue weighted by Crippen LogP contribution is 2.15. The lowest BCUT2D eigenvalue weighted by Gasteiger charge is -2.34. The Morgan fingerprint density at radius 2 is 1.57 bits per heavy atom. The van der Waals surface area contributed by atoms with Gasteiger partial charge in [0.05, 0.1) is 10.5 Å². The van der Waals surface area contributed by atoms with Crippen molar-refractivity contribution in [2.45, 2.75) is 6.42 Å². The molecule has 10 heteroatoms. The number of amides is 1. The first-order chi connectivity index (χ1) is 13.5. The van der Waals surface area contributed by atoms with Crippen molar-refractivity contribution in [3.8, 4) is 0 Å². The van der Waals surface area contributed by atoms with Gasteiger partial charge < -0.3 is 4.90 Å². The maximum atomic E-state index is 13.8. The average Bonchev–Trinajstić information content (AvgIpc) is 2.72. The van der Waals surface area contributed by atoms with Crippen molar-refractivity contribution < 1.29 is 18.9 Å². The fourth-order valence-electron chi connectivity index (χ4n) is 3.15. The maximum Gasteiger partial charge on any atom is 0.269 e. The highest BCUT2D eigenvalue weighted by Gasteiger charge is 2.24. The van der Waals surface area contributed by atoms with Gasteiger partial charge in [-0.15, -0.1) is 24.8 Å².